The minimum absolute atomic E-state index is 0.234. The number of hydrogen-bond acceptors (Lipinski definition) is 6. The lowest BCUT2D eigenvalue weighted by Crippen LogP contribution is -2.50. The number of carbonyl (C=O) groups is 1. The van der Waals surface area contributed by atoms with Gasteiger partial charge in [0.2, 0.25) is 0 Å². The van der Waals surface area contributed by atoms with Crippen molar-refractivity contribution in [2.45, 2.75) is 64.5 Å². The van der Waals surface area contributed by atoms with Gasteiger partial charge >= 0.3 is 6.09 Å². The highest BCUT2D eigenvalue weighted by Gasteiger charge is 2.46. The molecule has 1 aliphatic rings. The van der Waals surface area contributed by atoms with Gasteiger partial charge in [0.15, 0.2) is 0 Å². The average Bonchev–Trinajstić information content (AvgIpc) is 2.94. The second-order valence-corrected chi connectivity index (χ2v) is 7.84. The zero-order valence-corrected chi connectivity index (χ0v) is 14.5. The molecule has 0 radical (unpaired) electrons. The summed E-state index contributed by atoms with van der Waals surface area (Å²) in [4.78, 5) is 18.8. The van der Waals surface area contributed by atoms with E-state index in [1.165, 1.54) is 11.3 Å². The molecule has 1 saturated heterocycles. The summed E-state index contributed by atoms with van der Waals surface area (Å²) >= 11 is 1.40. The first-order valence-electron chi connectivity index (χ1n) is 7.33. The molecule has 1 amide bonds. The Morgan fingerprint density at radius 1 is 1.64 bits per heavy atom. The van der Waals surface area contributed by atoms with Crippen LogP contribution in [0.3, 0.4) is 0 Å². The number of carbonyl (C=O) groups excluding carboxylic acids is 1. The minimum atomic E-state index is -0.750. The Morgan fingerprint density at radius 3 is 2.86 bits per heavy atom. The van der Waals surface area contributed by atoms with E-state index in [2.05, 4.69) is 4.98 Å². The third kappa shape index (κ3) is 3.97. The Labute approximate surface area is 135 Å². The lowest BCUT2D eigenvalue weighted by atomic mass is 10.1. The van der Waals surface area contributed by atoms with E-state index < -0.39 is 23.5 Å². The van der Waals surface area contributed by atoms with Crippen LogP contribution in [0.25, 0.3) is 0 Å². The standard InChI is InChI=1S/C15H24N2O4S/c1-14(2,3)21-13(19)17-10(8-20-15(17,4)5)6-11(18)12-7-16-9-22-12/h7,9-11,18H,6,8H2,1-5H3/t10-,11+/m0/s1. The van der Waals surface area contributed by atoms with Crippen LogP contribution in [0.1, 0.15) is 52.0 Å². The zero-order valence-electron chi connectivity index (χ0n) is 13.7. The first-order chi connectivity index (χ1) is 10.1. The molecular formula is C15H24N2O4S. The van der Waals surface area contributed by atoms with Crippen molar-refractivity contribution in [3.05, 3.63) is 16.6 Å². The van der Waals surface area contributed by atoms with Crippen LogP contribution in [0, 0.1) is 0 Å². The Balaban J connectivity index is 2.11. The summed E-state index contributed by atoms with van der Waals surface area (Å²) in [5, 5.41) is 10.3. The highest BCUT2D eigenvalue weighted by molar-refractivity contribution is 7.09. The Kier molecular flexibility index (Phi) is 4.79. The number of hydrogen-bond donors (Lipinski definition) is 1. The molecule has 1 aromatic heterocycles. The molecule has 0 aromatic carbocycles. The summed E-state index contributed by atoms with van der Waals surface area (Å²) in [6.07, 6.45) is 0.954. The molecule has 7 heteroatoms. The van der Waals surface area contributed by atoms with Gasteiger partial charge in [-0.1, -0.05) is 0 Å². The lowest BCUT2D eigenvalue weighted by Gasteiger charge is -2.35. The lowest BCUT2D eigenvalue weighted by molar-refractivity contribution is -0.0637. The molecular weight excluding hydrogens is 304 g/mol. The summed E-state index contributed by atoms with van der Waals surface area (Å²) in [7, 11) is 0. The van der Waals surface area contributed by atoms with E-state index >= 15 is 0 Å². The van der Waals surface area contributed by atoms with Crippen LogP contribution < -0.4 is 0 Å². The van der Waals surface area contributed by atoms with Gasteiger partial charge in [-0.05, 0) is 34.6 Å². The number of ether oxygens (including phenoxy) is 2. The van der Waals surface area contributed by atoms with E-state index in [4.69, 9.17) is 9.47 Å². The molecule has 0 spiro atoms. The molecule has 0 saturated carbocycles. The molecule has 1 fully saturated rings. The summed E-state index contributed by atoms with van der Waals surface area (Å²) < 4.78 is 11.2. The summed E-state index contributed by atoms with van der Waals surface area (Å²) in [5.41, 5.74) is 0.357. The van der Waals surface area contributed by atoms with Gasteiger partial charge < -0.3 is 14.6 Å². The molecule has 124 valence electrons. The van der Waals surface area contributed by atoms with Crippen molar-refractivity contribution in [3.8, 4) is 0 Å². The second kappa shape index (κ2) is 6.14. The summed E-state index contributed by atoms with van der Waals surface area (Å²) in [6.45, 7) is 9.52. The van der Waals surface area contributed by atoms with E-state index in [9.17, 15) is 9.90 Å². The van der Waals surface area contributed by atoms with Gasteiger partial charge in [0.1, 0.15) is 11.3 Å². The van der Waals surface area contributed by atoms with Crippen LogP contribution in [0.4, 0.5) is 4.79 Å². The summed E-state index contributed by atoms with van der Waals surface area (Å²) in [6, 6.07) is -0.234. The van der Waals surface area contributed by atoms with Crippen molar-refractivity contribution < 1.29 is 19.4 Å². The molecule has 2 atom stereocenters. The van der Waals surface area contributed by atoms with Crippen LogP contribution in [0.15, 0.2) is 11.7 Å². The second-order valence-electron chi connectivity index (χ2n) is 6.92. The largest absolute Gasteiger partial charge is 0.444 e. The average molecular weight is 328 g/mol. The van der Waals surface area contributed by atoms with Gasteiger partial charge in [0.05, 0.1) is 29.1 Å². The molecule has 0 unspecified atom stereocenters. The molecule has 0 bridgehead atoms. The van der Waals surface area contributed by atoms with Crippen molar-refractivity contribution >= 4 is 17.4 Å². The topological polar surface area (TPSA) is 71.9 Å². The molecule has 0 aliphatic carbocycles. The number of aliphatic hydroxyl groups excluding tert-OH is 1. The SMILES string of the molecule is CC(C)(C)OC(=O)N1[C@@H](C[C@@H](O)c2cncs2)COC1(C)C. The predicted molar refractivity (Wildman–Crippen MR) is 83.6 cm³/mol. The Hall–Kier alpha value is -1.18. The number of amides is 1. The fourth-order valence-electron chi connectivity index (χ4n) is 2.50. The van der Waals surface area contributed by atoms with Crippen molar-refractivity contribution in [3.63, 3.8) is 0 Å². The van der Waals surface area contributed by atoms with Crippen LogP contribution in [0.2, 0.25) is 0 Å². The molecule has 2 rings (SSSR count). The Bertz CT molecular complexity index is 510. The molecule has 6 nitrogen and oxygen atoms in total. The van der Waals surface area contributed by atoms with Crippen molar-refractivity contribution in [2.75, 3.05) is 6.61 Å². The van der Waals surface area contributed by atoms with E-state index in [1.54, 1.807) is 16.6 Å². The minimum Gasteiger partial charge on any atom is -0.444 e. The van der Waals surface area contributed by atoms with Crippen LogP contribution in [-0.2, 0) is 9.47 Å². The molecule has 1 aromatic rings. The van der Waals surface area contributed by atoms with E-state index in [0.717, 1.165) is 4.88 Å². The number of aliphatic hydroxyl groups is 1. The zero-order chi connectivity index (χ0) is 16.5. The maximum absolute atomic E-state index is 12.5. The fraction of sp³-hybridized carbons (Fsp3) is 0.733. The van der Waals surface area contributed by atoms with Crippen LogP contribution in [0.5, 0.6) is 0 Å². The van der Waals surface area contributed by atoms with E-state index in [-0.39, 0.29) is 6.04 Å². The molecule has 1 aliphatic heterocycles. The fourth-order valence-corrected chi connectivity index (χ4v) is 3.12. The molecule has 2 heterocycles. The number of rotatable bonds is 3. The predicted octanol–water partition coefficient (Wildman–Crippen LogP) is 2.94. The van der Waals surface area contributed by atoms with Crippen molar-refractivity contribution in [1.29, 1.82) is 0 Å². The molecule has 1 N–H and O–H groups in total. The summed E-state index contributed by atoms with van der Waals surface area (Å²) in [5.74, 6) is 0. The molecule has 22 heavy (non-hydrogen) atoms. The highest BCUT2D eigenvalue weighted by atomic mass is 32.1. The van der Waals surface area contributed by atoms with Crippen LogP contribution >= 0.6 is 11.3 Å². The quantitative estimate of drug-likeness (QED) is 0.923. The highest BCUT2D eigenvalue weighted by Crippen LogP contribution is 2.34. The number of thiazole rings is 1. The maximum atomic E-state index is 12.5. The monoisotopic (exact) mass is 328 g/mol. The van der Waals surface area contributed by atoms with Crippen LogP contribution in [-0.4, -0.2) is 45.1 Å². The first-order valence-corrected chi connectivity index (χ1v) is 8.21. The van der Waals surface area contributed by atoms with Gasteiger partial charge in [-0.3, -0.25) is 9.88 Å². The van der Waals surface area contributed by atoms with Gasteiger partial charge in [0, 0.05) is 12.6 Å². The normalized spacial score (nSPS) is 22.6. The van der Waals surface area contributed by atoms with Crippen molar-refractivity contribution in [2.24, 2.45) is 0 Å². The van der Waals surface area contributed by atoms with Crippen molar-refractivity contribution in [1.82, 2.24) is 9.88 Å². The third-order valence-electron chi connectivity index (χ3n) is 3.44. The Morgan fingerprint density at radius 2 is 2.32 bits per heavy atom. The first kappa shape index (κ1) is 17.2. The third-order valence-corrected chi connectivity index (χ3v) is 4.32. The maximum Gasteiger partial charge on any atom is 0.412 e. The van der Waals surface area contributed by atoms with Gasteiger partial charge in [-0.15, -0.1) is 11.3 Å². The van der Waals surface area contributed by atoms with Gasteiger partial charge in [-0.2, -0.15) is 0 Å². The van der Waals surface area contributed by atoms with Gasteiger partial charge in [0.25, 0.3) is 0 Å². The van der Waals surface area contributed by atoms with E-state index in [0.29, 0.717) is 13.0 Å². The van der Waals surface area contributed by atoms with Gasteiger partial charge in [-0.25, -0.2) is 4.79 Å². The number of nitrogens with zero attached hydrogens (tertiary/aromatic N) is 2. The van der Waals surface area contributed by atoms with E-state index in [1.807, 2.05) is 34.6 Å². The number of aromatic nitrogens is 1. The smallest absolute Gasteiger partial charge is 0.412 e.